The number of carbonyl (C=O) groups is 1. The Hall–Kier alpha value is -4.52. The van der Waals surface area contributed by atoms with Crippen LogP contribution < -0.4 is 22.1 Å². The van der Waals surface area contributed by atoms with E-state index in [0.29, 0.717) is 22.8 Å². The number of hydrogen-bond donors (Lipinski definition) is 7. The molecule has 1 saturated heterocycles. The monoisotopic (exact) mass is 654 g/mol. The van der Waals surface area contributed by atoms with Crippen molar-refractivity contribution in [2.24, 2.45) is 22.4 Å². The molecule has 0 radical (unpaired) electrons. The molecule has 2 unspecified atom stereocenters. The number of aliphatic hydroxyl groups is 3. The van der Waals surface area contributed by atoms with E-state index in [2.05, 4.69) is 34.7 Å². The number of nitrogens with two attached hydrogens (primary N) is 2. The first-order valence-electron chi connectivity index (χ1n) is 16.4. The highest BCUT2D eigenvalue weighted by molar-refractivity contribution is 6.06. The number of anilines is 1. The average molecular weight is 655 g/mol. The van der Waals surface area contributed by atoms with Gasteiger partial charge in [-0.25, -0.2) is 0 Å². The summed E-state index contributed by atoms with van der Waals surface area (Å²) in [6.45, 7) is 3.96. The summed E-state index contributed by atoms with van der Waals surface area (Å²) in [6, 6.07) is 15.4. The van der Waals surface area contributed by atoms with Crippen LogP contribution in [0.5, 0.6) is 0 Å². The molecule has 5 rings (SSSR count). The van der Waals surface area contributed by atoms with Crippen molar-refractivity contribution >= 4 is 29.0 Å². The summed E-state index contributed by atoms with van der Waals surface area (Å²) in [5.41, 5.74) is 18.8. The quantitative estimate of drug-likeness (QED) is 0.170. The van der Waals surface area contributed by atoms with E-state index in [0.717, 1.165) is 61.3 Å². The van der Waals surface area contributed by atoms with Crippen LogP contribution in [0.2, 0.25) is 0 Å². The van der Waals surface area contributed by atoms with Gasteiger partial charge in [-0.15, -0.1) is 0 Å². The molecule has 48 heavy (non-hydrogen) atoms. The van der Waals surface area contributed by atoms with Gasteiger partial charge in [-0.05, 0) is 65.7 Å². The molecule has 1 amide bonds. The van der Waals surface area contributed by atoms with Gasteiger partial charge in [0.25, 0.3) is 5.91 Å². The number of allylic oxidation sites excluding steroid dienone is 3. The Morgan fingerprint density at radius 1 is 1.10 bits per heavy atom. The second-order valence-electron chi connectivity index (χ2n) is 12.2. The average Bonchev–Trinajstić information content (AvgIpc) is 3.12. The second-order valence-corrected chi connectivity index (χ2v) is 12.2. The van der Waals surface area contributed by atoms with Crippen molar-refractivity contribution < 1.29 is 24.9 Å². The van der Waals surface area contributed by atoms with Crippen molar-refractivity contribution in [2.75, 3.05) is 38.2 Å². The standard InChI is InChI=1S/C37H46N6O5/c1-2-24-3-5-27(6-4-24)33-21-43(20-25-11-13-48-14-12-25)22-34(35(33)46)37(47)42-30-9-7-26(8-10-30)32-15-28(18-41-36(32)39)29(16-38)17-40-19-31(45)23-44/h3-10,15-18,21-22,25,31,35-36,41,44-46H,2,11-14,19-20,23,38-39H2,1H3,(H,42,47)/t31-,35?,36?/m0/s1. The first-order valence-corrected chi connectivity index (χ1v) is 16.4. The van der Waals surface area contributed by atoms with Crippen LogP contribution in [-0.4, -0.2) is 83.6 Å². The molecule has 3 heterocycles. The maximum Gasteiger partial charge on any atom is 0.256 e. The summed E-state index contributed by atoms with van der Waals surface area (Å²) in [5, 5.41) is 36.2. The van der Waals surface area contributed by atoms with Gasteiger partial charge in [-0.1, -0.05) is 43.3 Å². The Morgan fingerprint density at radius 3 is 2.46 bits per heavy atom. The molecular formula is C37H46N6O5. The van der Waals surface area contributed by atoms with Gasteiger partial charge < -0.3 is 47.1 Å². The molecule has 0 aromatic heterocycles. The highest BCUT2D eigenvalue weighted by Gasteiger charge is 2.30. The van der Waals surface area contributed by atoms with Crippen molar-refractivity contribution in [1.82, 2.24) is 10.2 Å². The van der Waals surface area contributed by atoms with E-state index in [1.807, 2.05) is 41.4 Å². The molecule has 11 heteroatoms. The molecule has 3 aliphatic rings. The Labute approximate surface area is 281 Å². The van der Waals surface area contributed by atoms with Crippen LogP contribution in [0, 0.1) is 5.92 Å². The third-order valence-electron chi connectivity index (χ3n) is 8.78. The molecule has 0 spiro atoms. The maximum atomic E-state index is 13.7. The van der Waals surface area contributed by atoms with Crippen molar-refractivity contribution in [3.8, 4) is 0 Å². The molecule has 1 fully saturated rings. The summed E-state index contributed by atoms with van der Waals surface area (Å²) in [7, 11) is 0. The van der Waals surface area contributed by atoms with Gasteiger partial charge in [0, 0.05) is 73.2 Å². The molecule has 9 N–H and O–H groups in total. The lowest BCUT2D eigenvalue weighted by molar-refractivity contribution is -0.113. The molecule has 2 aromatic carbocycles. The highest BCUT2D eigenvalue weighted by atomic mass is 16.5. The number of aliphatic hydroxyl groups excluding tert-OH is 3. The van der Waals surface area contributed by atoms with E-state index in [1.165, 1.54) is 18.0 Å². The van der Waals surface area contributed by atoms with Gasteiger partial charge in [-0.3, -0.25) is 9.79 Å². The summed E-state index contributed by atoms with van der Waals surface area (Å²) in [6.07, 6.45) is 10.6. The van der Waals surface area contributed by atoms with Crippen molar-refractivity contribution in [3.63, 3.8) is 0 Å². The number of dihydropyridines is 1. The number of nitrogens with zero attached hydrogens (tertiary/aromatic N) is 2. The van der Waals surface area contributed by atoms with Gasteiger partial charge in [0.1, 0.15) is 12.3 Å². The summed E-state index contributed by atoms with van der Waals surface area (Å²) in [4.78, 5) is 19.9. The molecule has 0 aliphatic carbocycles. The predicted octanol–water partition coefficient (Wildman–Crippen LogP) is 2.64. The first kappa shape index (κ1) is 34.8. The Balaban J connectivity index is 1.32. The molecule has 3 atom stereocenters. The zero-order valence-electron chi connectivity index (χ0n) is 27.3. The fraction of sp³-hybridized carbons (Fsp3) is 0.351. The van der Waals surface area contributed by atoms with E-state index >= 15 is 0 Å². The Morgan fingerprint density at radius 2 is 1.79 bits per heavy atom. The van der Waals surface area contributed by atoms with Crippen molar-refractivity contribution in [1.29, 1.82) is 0 Å². The predicted molar refractivity (Wildman–Crippen MR) is 189 cm³/mol. The van der Waals surface area contributed by atoms with Gasteiger partial charge in [0.2, 0.25) is 0 Å². The van der Waals surface area contributed by atoms with E-state index in [4.69, 9.17) is 21.3 Å². The van der Waals surface area contributed by atoms with Crippen molar-refractivity contribution in [2.45, 2.75) is 44.6 Å². The van der Waals surface area contributed by atoms with Crippen LogP contribution in [-0.2, 0) is 16.0 Å². The lowest BCUT2D eigenvalue weighted by atomic mass is 9.91. The van der Waals surface area contributed by atoms with Crippen LogP contribution in [0.15, 0.2) is 101 Å². The number of ether oxygens (including phenoxy) is 1. The van der Waals surface area contributed by atoms with Crippen LogP contribution in [0.4, 0.5) is 5.69 Å². The fourth-order valence-corrected chi connectivity index (χ4v) is 5.88. The summed E-state index contributed by atoms with van der Waals surface area (Å²) < 4.78 is 5.55. The number of rotatable bonds is 12. The number of benzene rings is 2. The molecule has 0 bridgehead atoms. The molecule has 3 aliphatic heterocycles. The molecule has 2 aromatic rings. The van der Waals surface area contributed by atoms with Crippen LogP contribution >= 0.6 is 0 Å². The van der Waals surface area contributed by atoms with Crippen molar-refractivity contribution in [3.05, 3.63) is 113 Å². The molecule has 254 valence electrons. The molecular weight excluding hydrogens is 608 g/mol. The van der Waals surface area contributed by atoms with E-state index in [1.54, 1.807) is 24.5 Å². The smallest absolute Gasteiger partial charge is 0.256 e. The summed E-state index contributed by atoms with van der Waals surface area (Å²) >= 11 is 0. The number of nitrogens with one attached hydrogen (secondary N) is 2. The first-order chi connectivity index (χ1) is 23.3. The van der Waals surface area contributed by atoms with Gasteiger partial charge in [0.05, 0.1) is 24.8 Å². The number of carbonyl (C=O) groups excluding carboxylic acids is 1. The minimum absolute atomic E-state index is 0.0450. The van der Waals surface area contributed by atoms with Crippen LogP contribution in [0.3, 0.4) is 0 Å². The Kier molecular flexibility index (Phi) is 12.0. The van der Waals surface area contributed by atoms with Crippen LogP contribution in [0.25, 0.3) is 11.1 Å². The van der Waals surface area contributed by atoms with Gasteiger partial charge >= 0.3 is 0 Å². The molecule has 11 nitrogen and oxygen atoms in total. The Bertz CT molecular complexity index is 1600. The topological polar surface area (TPSA) is 179 Å². The van der Waals surface area contributed by atoms with E-state index < -0.39 is 18.4 Å². The largest absolute Gasteiger partial charge is 0.404 e. The highest BCUT2D eigenvalue weighted by Crippen LogP contribution is 2.31. The minimum Gasteiger partial charge on any atom is -0.404 e. The van der Waals surface area contributed by atoms with Gasteiger partial charge in [0.15, 0.2) is 0 Å². The normalized spacial score (nSPS) is 21.2. The lowest BCUT2D eigenvalue weighted by Crippen LogP contribution is -2.37. The minimum atomic E-state index is -1.09. The zero-order valence-corrected chi connectivity index (χ0v) is 27.3. The van der Waals surface area contributed by atoms with Gasteiger partial charge in [-0.2, -0.15) is 0 Å². The van der Waals surface area contributed by atoms with E-state index in [9.17, 15) is 15.0 Å². The SMILES string of the molecule is CCc1ccc(C2=CN(CC3CCOCC3)C=C(C(=O)Nc3ccc(C4=CC(C(C=NC[C@H](O)CO)=CN)=CNC4N)cc3)C2O)cc1. The lowest BCUT2D eigenvalue weighted by Gasteiger charge is -2.32. The summed E-state index contributed by atoms with van der Waals surface area (Å²) in [5.74, 6) is 0.0436. The number of amides is 1. The fourth-order valence-electron chi connectivity index (χ4n) is 5.88. The van der Waals surface area contributed by atoms with E-state index in [-0.39, 0.29) is 24.6 Å². The van der Waals surface area contributed by atoms with Crippen LogP contribution in [0.1, 0.15) is 36.5 Å². The second kappa shape index (κ2) is 16.5. The maximum absolute atomic E-state index is 13.7. The number of aliphatic imine (C=N–C) groups is 1. The third-order valence-corrected chi connectivity index (χ3v) is 8.78. The molecule has 0 saturated carbocycles. The third kappa shape index (κ3) is 8.68. The number of aryl methyl sites for hydroxylation is 1. The number of hydrogen-bond acceptors (Lipinski definition) is 10. The zero-order chi connectivity index (χ0) is 34.0.